The first-order valence-corrected chi connectivity index (χ1v) is 8.24. The van der Waals surface area contributed by atoms with Gasteiger partial charge in [-0.1, -0.05) is 30.3 Å². The third-order valence-corrected chi connectivity index (χ3v) is 5.21. The summed E-state index contributed by atoms with van der Waals surface area (Å²) in [6.07, 6.45) is 2.41. The molecule has 0 amide bonds. The van der Waals surface area contributed by atoms with Crippen LogP contribution in [0.15, 0.2) is 44.0 Å². The van der Waals surface area contributed by atoms with E-state index in [0.717, 1.165) is 32.4 Å². The van der Waals surface area contributed by atoms with Crippen LogP contribution in [0.25, 0.3) is 0 Å². The molecule has 0 spiro atoms. The molecule has 1 N–H and O–H groups in total. The first-order valence-electron chi connectivity index (χ1n) is 5.83. The zero-order valence-electron chi connectivity index (χ0n) is 9.77. The Morgan fingerprint density at radius 2 is 1.89 bits per heavy atom. The lowest BCUT2D eigenvalue weighted by atomic mass is 10.0. The SMILES string of the molecule is OC(CCCc1ccccc1)c1cc(Br)sc1Br. The second-order valence-corrected chi connectivity index (χ2v) is 7.92. The van der Waals surface area contributed by atoms with Gasteiger partial charge in [0.15, 0.2) is 0 Å². The van der Waals surface area contributed by atoms with Gasteiger partial charge >= 0.3 is 0 Å². The highest BCUT2D eigenvalue weighted by atomic mass is 79.9. The molecule has 0 aliphatic carbocycles. The monoisotopic (exact) mass is 388 g/mol. The average molecular weight is 390 g/mol. The Labute approximate surface area is 128 Å². The van der Waals surface area contributed by atoms with Gasteiger partial charge in [-0.05, 0) is 62.8 Å². The Morgan fingerprint density at radius 3 is 2.50 bits per heavy atom. The van der Waals surface area contributed by atoms with Crippen LogP contribution < -0.4 is 0 Å². The largest absolute Gasteiger partial charge is 0.388 e. The van der Waals surface area contributed by atoms with E-state index < -0.39 is 0 Å². The molecule has 2 aromatic rings. The summed E-state index contributed by atoms with van der Waals surface area (Å²) in [6, 6.07) is 12.4. The summed E-state index contributed by atoms with van der Waals surface area (Å²) in [6.45, 7) is 0. The second-order valence-electron chi connectivity index (χ2n) is 4.17. The van der Waals surface area contributed by atoms with Crippen LogP contribution in [0.3, 0.4) is 0 Å². The molecule has 96 valence electrons. The summed E-state index contributed by atoms with van der Waals surface area (Å²) in [5.74, 6) is 0. The fraction of sp³-hybridized carbons (Fsp3) is 0.286. The van der Waals surface area contributed by atoms with Crippen molar-refractivity contribution in [2.45, 2.75) is 25.4 Å². The molecule has 0 bridgehead atoms. The predicted molar refractivity (Wildman–Crippen MR) is 84.1 cm³/mol. The summed E-state index contributed by atoms with van der Waals surface area (Å²) in [7, 11) is 0. The van der Waals surface area contributed by atoms with Crippen molar-refractivity contribution in [3.05, 3.63) is 55.1 Å². The van der Waals surface area contributed by atoms with Crippen molar-refractivity contribution in [3.8, 4) is 0 Å². The predicted octanol–water partition coefficient (Wildman–Crippen LogP) is 5.33. The number of benzene rings is 1. The highest BCUT2D eigenvalue weighted by Crippen LogP contribution is 2.36. The zero-order chi connectivity index (χ0) is 13.0. The van der Waals surface area contributed by atoms with Crippen molar-refractivity contribution >= 4 is 43.2 Å². The Morgan fingerprint density at radius 1 is 1.17 bits per heavy atom. The van der Waals surface area contributed by atoms with E-state index in [2.05, 4.69) is 56.1 Å². The molecule has 0 aliphatic rings. The van der Waals surface area contributed by atoms with E-state index in [1.54, 1.807) is 11.3 Å². The minimum absolute atomic E-state index is 0.384. The van der Waals surface area contributed by atoms with E-state index in [1.807, 2.05) is 12.1 Å². The van der Waals surface area contributed by atoms with Crippen molar-refractivity contribution in [1.29, 1.82) is 0 Å². The minimum atomic E-state index is -0.384. The maximum absolute atomic E-state index is 10.1. The molecule has 1 heterocycles. The van der Waals surface area contributed by atoms with E-state index >= 15 is 0 Å². The standard InChI is InChI=1S/C14H14Br2OS/c15-13-9-11(14(16)18-13)12(17)8-4-7-10-5-2-1-3-6-10/h1-3,5-6,9,12,17H,4,7-8H2. The second kappa shape index (κ2) is 6.85. The number of aliphatic hydroxyl groups is 1. The summed E-state index contributed by atoms with van der Waals surface area (Å²) in [5, 5.41) is 10.1. The smallest absolute Gasteiger partial charge is 0.0809 e. The number of rotatable bonds is 5. The van der Waals surface area contributed by atoms with Crippen LogP contribution in [0.4, 0.5) is 0 Å². The van der Waals surface area contributed by atoms with Crippen molar-refractivity contribution in [3.63, 3.8) is 0 Å². The quantitative estimate of drug-likeness (QED) is 0.732. The van der Waals surface area contributed by atoms with E-state index in [0.29, 0.717) is 0 Å². The van der Waals surface area contributed by atoms with Crippen LogP contribution in [-0.4, -0.2) is 5.11 Å². The molecule has 0 radical (unpaired) electrons. The summed E-state index contributed by atoms with van der Waals surface area (Å²) in [5.41, 5.74) is 2.32. The van der Waals surface area contributed by atoms with Crippen molar-refractivity contribution in [1.82, 2.24) is 0 Å². The van der Waals surface area contributed by atoms with Crippen molar-refractivity contribution < 1.29 is 5.11 Å². The number of aliphatic hydroxyl groups excluding tert-OH is 1. The minimum Gasteiger partial charge on any atom is -0.388 e. The van der Waals surface area contributed by atoms with Gasteiger partial charge in [-0.2, -0.15) is 0 Å². The third kappa shape index (κ3) is 3.92. The Kier molecular flexibility index (Phi) is 5.42. The highest BCUT2D eigenvalue weighted by Gasteiger charge is 2.14. The molecule has 1 atom stereocenters. The number of hydrogen-bond donors (Lipinski definition) is 1. The van der Waals surface area contributed by atoms with Crippen LogP contribution in [0.1, 0.15) is 30.1 Å². The lowest BCUT2D eigenvalue weighted by molar-refractivity contribution is 0.164. The molecule has 4 heteroatoms. The van der Waals surface area contributed by atoms with Gasteiger partial charge in [-0.25, -0.2) is 0 Å². The fourth-order valence-electron chi connectivity index (χ4n) is 1.88. The van der Waals surface area contributed by atoms with Crippen LogP contribution >= 0.6 is 43.2 Å². The third-order valence-electron chi connectivity index (χ3n) is 2.83. The van der Waals surface area contributed by atoms with Crippen molar-refractivity contribution in [2.75, 3.05) is 0 Å². The summed E-state index contributed by atoms with van der Waals surface area (Å²) < 4.78 is 2.06. The molecule has 1 nitrogen and oxygen atoms in total. The number of aryl methyl sites for hydroxylation is 1. The first kappa shape index (κ1) is 14.3. The molecule has 0 saturated heterocycles. The lowest BCUT2D eigenvalue weighted by Gasteiger charge is -2.09. The molecule has 1 aromatic carbocycles. The van der Waals surface area contributed by atoms with E-state index in [1.165, 1.54) is 5.56 Å². The molecule has 1 unspecified atom stereocenters. The normalized spacial score (nSPS) is 12.6. The molecule has 0 fully saturated rings. The van der Waals surface area contributed by atoms with Gasteiger partial charge in [0, 0.05) is 5.56 Å². The molecule has 1 aromatic heterocycles. The lowest BCUT2D eigenvalue weighted by Crippen LogP contribution is -1.97. The molecule has 18 heavy (non-hydrogen) atoms. The van der Waals surface area contributed by atoms with Gasteiger partial charge in [0.2, 0.25) is 0 Å². The maximum Gasteiger partial charge on any atom is 0.0809 e. The van der Waals surface area contributed by atoms with Crippen LogP contribution in [0, 0.1) is 0 Å². The van der Waals surface area contributed by atoms with Crippen molar-refractivity contribution in [2.24, 2.45) is 0 Å². The van der Waals surface area contributed by atoms with Crippen LogP contribution in [0.2, 0.25) is 0 Å². The Hall–Kier alpha value is -0.160. The zero-order valence-corrected chi connectivity index (χ0v) is 13.8. The molecule has 0 aliphatic heterocycles. The van der Waals surface area contributed by atoms with Gasteiger partial charge < -0.3 is 5.11 Å². The number of halogens is 2. The molecular weight excluding hydrogens is 376 g/mol. The number of hydrogen-bond acceptors (Lipinski definition) is 2. The van der Waals surface area contributed by atoms with E-state index in [9.17, 15) is 5.11 Å². The van der Waals surface area contributed by atoms with E-state index in [-0.39, 0.29) is 6.10 Å². The van der Waals surface area contributed by atoms with Crippen LogP contribution in [-0.2, 0) is 6.42 Å². The molecule has 2 rings (SSSR count). The maximum atomic E-state index is 10.1. The average Bonchev–Trinajstić information content (AvgIpc) is 2.70. The topological polar surface area (TPSA) is 20.2 Å². The van der Waals surface area contributed by atoms with E-state index in [4.69, 9.17) is 0 Å². The van der Waals surface area contributed by atoms with Crippen LogP contribution in [0.5, 0.6) is 0 Å². The fourth-order valence-corrected chi connectivity index (χ4v) is 4.84. The Bertz CT molecular complexity index is 496. The van der Waals surface area contributed by atoms with Gasteiger partial charge in [0.1, 0.15) is 0 Å². The molecular formula is C14H14Br2OS. The molecule has 0 saturated carbocycles. The summed E-state index contributed by atoms with van der Waals surface area (Å²) >= 11 is 8.52. The van der Waals surface area contributed by atoms with Gasteiger partial charge in [0.05, 0.1) is 13.7 Å². The van der Waals surface area contributed by atoms with Gasteiger partial charge in [0.25, 0.3) is 0 Å². The first-order chi connectivity index (χ1) is 8.66. The number of thiophene rings is 1. The Balaban J connectivity index is 1.85. The van der Waals surface area contributed by atoms with Gasteiger partial charge in [-0.15, -0.1) is 11.3 Å². The summed E-state index contributed by atoms with van der Waals surface area (Å²) in [4.78, 5) is 0. The van der Waals surface area contributed by atoms with Gasteiger partial charge in [-0.3, -0.25) is 0 Å². The highest BCUT2D eigenvalue weighted by molar-refractivity contribution is 9.12.